The first kappa shape index (κ1) is 9.94. The summed E-state index contributed by atoms with van der Waals surface area (Å²) in [4.78, 5) is 3.94. The Kier molecular flexibility index (Phi) is 3.15. The summed E-state index contributed by atoms with van der Waals surface area (Å²) in [5.41, 5.74) is 0.544. The Morgan fingerprint density at radius 3 is 3.33 bits per heavy atom. The fourth-order valence-corrected chi connectivity index (χ4v) is 1.68. The van der Waals surface area contributed by atoms with Gasteiger partial charge in [0.1, 0.15) is 12.7 Å². The molecule has 1 N–H and O–H groups in total. The number of nitriles is 1. The summed E-state index contributed by atoms with van der Waals surface area (Å²) >= 11 is 0. The summed E-state index contributed by atoms with van der Waals surface area (Å²) in [6.45, 7) is 1.67. The summed E-state index contributed by atoms with van der Waals surface area (Å²) in [7, 11) is 0. The van der Waals surface area contributed by atoms with Crippen LogP contribution in [0.4, 0.5) is 0 Å². The van der Waals surface area contributed by atoms with Gasteiger partial charge in [0.15, 0.2) is 5.75 Å². The van der Waals surface area contributed by atoms with Crippen molar-refractivity contribution in [3.8, 4) is 11.8 Å². The summed E-state index contributed by atoms with van der Waals surface area (Å²) in [6, 6.07) is 4.16. The van der Waals surface area contributed by atoms with Gasteiger partial charge in [-0.1, -0.05) is 0 Å². The number of hydrogen-bond donors (Lipinski definition) is 1. The lowest BCUT2D eigenvalue weighted by Gasteiger charge is -2.12. The van der Waals surface area contributed by atoms with Gasteiger partial charge in [-0.3, -0.25) is 4.98 Å². The van der Waals surface area contributed by atoms with E-state index in [1.54, 1.807) is 18.5 Å². The molecule has 1 aromatic heterocycles. The highest BCUT2D eigenvalue weighted by Crippen LogP contribution is 2.16. The van der Waals surface area contributed by atoms with Crippen molar-refractivity contribution in [2.75, 3.05) is 13.2 Å². The second-order valence-electron chi connectivity index (χ2n) is 3.59. The quantitative estimate of drug-likeness (QED) is 0.798. The first-order valence-electron chi connectivity index (χ1n) is 5.10. The molecule has 1 aliphatic heterocycles. The molecule has 1 atom stereocenters. The van der Waals surface area contributed by atoms with Crippen molar-refractivity contribution in [2.24, 2.45) is 0 Å². The summed E-state index contributed by atoms with van der Waals surface area (Å²) in [6.07, 6.45) is 5.53. The van der Waals surface area contributed by atoms with E-state index in [9.17, 15) is 0 Å². The third kappa shape index (κ3) is 2.45. The topological polar surface area (TPSA) is 57.9 Å². The maximum atomic E-state index is 8.84. The maximum Gasteiger partial charge on any atom is 0.155 e. The number of nitrogens with one attached hydrogen (secondary N) is 1. The van der Waals surface area contributed by atoms with E-state index >= 15 is 0 Å². The van der Waals surface area contributed by atoms with E-state index < -0.39 is 0 Å². The van der Waals surface area contributed by atoms with Crippen molar-refractivity contribution < 1.29 is 4.74 Å². The van der Waals surface area contributed by atoms with Crippen molar-refractivity contribution >= 4 is 0 Å². The zero-order chi connectivity index (χ0) is 10.5. The normalized spacial score (nSPS) is 19.8. The number of rotatable bonds is 3. The van der Waals surface area contributed by atoms with Crippen LogP contribution in [0.2, 0.25) is 0 Å². The fraction of sp³-hybridized carbons (Fsp3) is 0.455. The summed E-state index contributed by atoms with van der Waals surface area (Å²) in [5.74, 6) is 0.577. The van der Waals surface area contributed by atoms with Gasteiger partial charge in [0.05, 0.1) is 11.8 Å². The van der Waals surface area contributed by atoms with Crippen LogP contribution < -0.4 is 10.1 Å². The molecule has 2 rings (SSSR count). The molecule has 1 saturated heterocycles. The molecule has 1 fully saturated rings. The molecular formula is C11H13N3O. The Morgan fingerprint density at radius 2 is 2.60 bits per heavy atom. The second kappa shape index (κ2) is 4.76. The Morgan fingerprint density at radius 1 is 1.67 bits per heavy atom. The van der Waals surface area contributed by atoms with Crippen LogP contribution in [-0.4, -0.2) is 24.2 Å². The highest BCUT2D eigenvalue weighted by atomic mass is 16.5. The van der Waals surface area contributed by atoms with Crippen molar-refractivity contribution in [3.05, 3.63) is 24.0 Å². The molecule has 15 heavy (non-hydrogen) atoms. The lowest BCUT2D eigenvalue weighted by atomic mass is 10.2. The van der Waals surface area contributed by atoms with Crippen LogP contribution in [0.25, 0.3) is 0 Å². The van der Waals surface area contributed by atoms with Crippen LogP contribution >= 0.6 is 0 Å². The molecule has 0 amide bonds. The molecular weight excluding hydrogens is 190 g/mol. The Labute approximate surface area is 88.9 Å². The van der Waals surface area contributed by atoms with Crippen LogP contribution in [0.5, 0.6) is 5.75 Å². The van der Waals surface area contributed by atoms with E-state index in [-0.39, 0.29) is 0 Å². The second-order valence-corrected chi connectivity index (χ2v) is 3.59. The molecule has 4 heteroatoms. The van der Waals surface area contributed by atoms with Gasteiger partial charge in [-0.25, -0.2) is 0 Å². The molecule has 0 saturated carbocycles. The van der Waals surface area contributed by atoms with Crippen LogP contribution in [0.1, 0.15) is 18.4 Å². The summed E-state index contributed by atoms with van der Waals surface area (Å²) in [5, 5.41) is 12.2. The van der Waals surface area contributed by atoms with Gasteiger partial charge < -0.3 is 10.1 Å². The van der Waals surface area contributed by atoms with E-state index in [0.717, 1.165) is 13.0 Å². The van der Waals surface area contributed by atoms with E-state index in [1.165, 1.54) is 6.42 Å². The van der Waals surface area contributed by atoms with Crippen molar-refractivity contribution in [1.82, 2.24) is 10.3 Å². The lowest BCUT2D eigenvalue weighted by molar-refractivity contribution is 0.275. The largest absolute Gasteiger partial charge is 0.489 e. The number of ether oxygens (including phenoxy) is 1. The van der Waals surface area contributed by atoms with Crippen LogP contribution in [-0.2, 0) is 0 Å². The molecule has 78 valence electrons. The Bertz CT molecular complexity index is 366. The van der Waals surface area contributed by atoms with Gasteiger partial charge in [-0.05, 0) is 25.5 Å². The van der Waals surface area contributed by atoms with Crippen molar-refractivity contribution in [1.29, 1.82) is 5.26 Å². The van der Waals surface area contributed by atoms with Crippen molar-refractivity contribution in [2.45, 2.75) is 18.9 Å². The zero-order valence-electron chi connectivity index (χ0n) is 8.44. The number of hydrogen-bond acceptors (Lipinski definition) is 4. The SMILES string of the molecule is N#Cc1ccncc1OCC1CCCN1. The summed E-state index contributed by atoms with van der Waals surface area (Å²) < 4.78 is 5.56. The predicted octanol–water partition coefficient (Wildman–Crippen LogP) is 1.08. The third-order valence-electron chi connectivity index (χ3n) is 2.51. The molecule has 0 bridgehead atoms. The third-order valence-corrected chi connectivity index (χ3v) is 2.51. The van der Waals surface area contributed by atoms with E-state index in [0.29, 0.717) is 24.0 Å². The number of pyridine rings is 1. The fourth-order valence-electron chi connectivity index (χ4n) is 1.68. The minimum Gasteiger partial charge on any atom is -0.489 e. The molecule has 0 aliphatic carbocycles. The average Bonchev–Trinajstić information content (AvgIpc) is 2.79. The molecule has 2 heterocycles. The standard InChI is InChI=1S/C11H13N3O/c12-6-9-3-5-13-7-11(9)15-8-10-2-1-4-14-10/h3,5,7,10,14H,1-2,4,8H2. The zero-order valence-corrected chi connectivity index (χ0v) is 8.44. The van der Waals surface area contributed by atoms with Crippen LogP contribution in [0.3, 0.4) is 0 Å². The van der Waals surface area contributed by atoms with Gasteiger partial charge in [0.2, 0.25) is 0 Å². The molecule has 0 radical (unpaired) electrons. The molecule has 1 aromatic rings. The predicted molar refractivity (Wildman–Crippen MR) is 55.5 cm³/mol. The lowest BCUT2D eigenvalue weighted by Crippen LogP contribution is -2.28. The molecule has 0 spiro atoms. The Hall–Kier alpha value is -1.60. The maximum absolute atomic E-state index is 8.84. The van der Waals surface area contributed by atoms with E-state index in [4.69, 9.17) is 10.00 Å². The first-order chi connectivity index (χ1) is 7.40. The van der Waals surface area contributed by atoms with Gasteiger partial charge in [-0.2, -0.15) is 5.26 Å². The molecule has 1 aliphatic rings. The number of aromatic nitrogens is 1. The van der Waals surface area contributed by atoms with Crippen LogP contribution in [0, 0.1) is 11.3 Å². The van der Waals surface area contributed by atoms with Gasteiger partial charge in [0, 0.05) is 12.2 Å². The first-order valence-corrected chi connectivity index (χ1v) is 5.10. The minimum absolute atomic E-state index is 0.414. The highest BCUT2D eigenvalue weighted by molar-refractivity contribution is 5.40. The average molecular weight is 203 g/mol. The van der Waals surface area contributed by atoms with E-state index in [1.807, 2.05) is 0 Å². The van der Waals surface area contributed by atoms with Crippen molar-refractivity contribution in [3.63, 3.8) is 0 Å². The van der Waals surface area contributed by atoms with Gasteiger partial charge in [-0.15, -0.1) is 0 Å². The highest BCUT2D eigenvalue weighted by Gasteiger charge is 2.15. The molecule has 1 unspecified atom stereocenters. The minimum atomic E-state index is 0.414. The smallest absolute Gasteiger partial charge is 0.155 e. The van der Waals surface area contributed by atoms with E-state index in [2.05, 4.69) is 16.4 Å². The van der Waals surface area contributed by atoms with Crippen LogP contribution in [0.15, 0.2) is 18.5 Å². The monoisotopic (exact) mass is 203 g/mol. The molecule has 0 aromatic carbocycles. The molecule has 4 nitrogen and oxygen atoms in total. The van der Waals surface area contributed by atoms with Gasteiger partial charge in [0.25, 0.3) is 0 Å². The number of nitrogens with zero attached hydrogens (tertiary/aromatic N) is 2. The van der Waals surface area contributed by atoms with Gasteiger partial charge >= 0.3 is 0 Å². The Balaban J connectivity index is 1.95.